The van der Waals surface area contributed by atoms with Gasteiger partial charge in [-0.05, 0) is 49.2 Å². The number of nitrogens with one attached hydrogen (secondary N) is 2. The first-order valence-corrected chi connectivity index (χ1v) is 9.94. The number of piperidine rings is 1. The summed E-state index contributed by atoms with van der Waals surface area (Å²) in [7, 11) is 0. The molecule has 2 aromatic rings. The van der Waals surface area contributed by atoms with Gasteiger partial charge in [0.1, 0.15) is 12.4 Å². The van der Waals surface area contributed by atoms with Gasteiger partial charge in [-0.25, -0.2) is 4.39 Å². The van der Waals surface area contributed by atoms with E-state index in [1.807, 2.05) is 0 Å². The smallest absolute Gasteiger partial charge is 0.343 e. The second-order valence-electron chi connectivity index (χ2n) is 7.41. The maximum Gasteiger partial charge on any atom is 0.405 e. The topological polar surface area (TPSA) is 78.5 Å². The summed E-state index contributed by atoms with van der Waals surface area (Å²) in [6.07, 6.45) is -3.80. The van der Waals surface area contributed by atoms with Gasteiger partial charge in [-0.3, -0.25) is 14.4 Å². The van der Waals surface area contributed by atoms with Crippen LogP contribution in [0.2, 0.25) is 0 Å². The lowest BCUT2D eigenvalue weighted by Gasteiger charge is -2.31. The Morgan fingerprint density at radius 2 is 1.59 bits per heavy atom. The summed E-state index contributed by atoms with van der Waals surface area (Å²) in [5.41, 5.74) is 0.393. The van der Waals surface area contributed by atoms with E-state index in [1.165, 1.54) is 42.5 Å². The summed E-state index contributed by atoms with van der Waals surface area (Å²) in [5.74, 6) is -2.45. The molecule has 0 aliphatic carbocycles. The molecule has 32 heavy (non-hydrogen) atoms. The molecule has 1 heterocycles. The first-order chi connectivity index (χ1) is 15.1. The van der Waals surface area contributed by atoms with Crippen molar-refractivity contribution in [1.29, 1.82) is 0 Å². The molecule has 10 heteroatoms. The number of hydrogen-bond acceptors (Lipinski definition) is 3. The molecule has 0 unspecified atom stereocenters. The van der Waals surface area contributed by atoms with Crippen LogP contribution in [0.5, 0.6) is 0 Å². The van der Waals surface area contributed by atoms with E-state index in [0.29, 0.717) is 31.5 Å². The second-order valence-corrected chi connectivity index (χ2v) is 7.41. The molecule has 1 fully saturated rings. The van der Waals surface area contributed by atoms with Gasteiger partial charge < -0.3 is 15.5 Å². The van der Waals surface area contributed by atoms with Crippen LogP contribution in [0.25, 0.3) is 0 Å². The first-order valence-electron chi connectivity index (χ1n) is 9.94. The molecule has 1 saturated heterocycles. The average Bonchev–Trinajstić information content (AvgIpc) is 2.77. The van der Waals surface area contributed by atoms with Gasteiger partial charge in [0.2, 0.25) is 5.91 Å². The highest BCUT2D eigenvalue weighted by Gasteiger charge is 2.30. The van der Waals surface area contributed by atoms with Crippen molar-refractivity contribution in [2.24, 2.45) is 5.92 Å². The molecular formula is C22H21F4N3O3. The summed E-state index contributed by atoms with van der Waals surface area (Å²) in [6.45, 7) is -0.835. The molecule has 0 saturated carbocycles. The number of rotatable bonds is 5. The molecule has 2 aromatic carbocycles. The van der Waals surface area contributed by atoms with Crippen molar-refractivity contribution in [2.75, 3.05) is 25.0 Å². The first kappa shape index (κ1) is 23.2. The molecular weight excluding hydrogens is 430 g/mol. The van der Waals surface area contributed by atoms with E-state index in [4.69, 9.17) is 0 Å². The molecule has 3 amide bonds. The molecule has 0 spiro atoms. The number of carbonyl (C=O) groups excluding carboxylic acids is 3. The maximum atomic E-state index is 13.0. The zero-order chi connectivity index (χ0) is 23.3. The summed E-state index contributed by atoms with van der Waals surface area (Å²) >= 11 is 0. The van der Waals surface area contributed by atoms with Crippen LogP contribution in [0.1, 0.15) is 33.6 Å². The number of halogens is 4. The summed E-state index contributed by atoms with van der Waals surface area (Å²) in [5, 5.41) is 4.40. The van der Waals surface area contributed by atoms with Gasteiger partial charge in [0, 0.05) is 24.6 Å². The Labute approximate surface area is 181 Å². The Balaban J connectivity index is 1.58. The summed E-state index contributed by atoms with van der Waals surface area (Å²) in [6, 6.07) is 11.0. The standard InChI is InChI=1S/C22H21F4N3O3/c23-16-7-5-15(6-8-16)21(32)29-11-9-14(10-12-29)19(30)28-18-4-2-1-3-17(18)20(31)27-13-22(24,25)26/h1-8,14H,9-13H2,(H,27,31)(H,28,30). The van der Waals surface area contributed by atoms with E-state index < -0.39 is 30.4 Å². The molecule has 0 aromatic heterocycles. The predicted octanol–water partition coefficient (Wildman–Crippen LogP) is 3.61. The minimum atomic E-state index is -4.55. The van der Waals surface area contributed by atoms with Gasteiger partial charge in [-0.15, -0.1) is 0 Å². The molecule has 170 valence electrons. The number of hydrogen-bond donors (Lipinski definition) is 2. The molecule has 1 aliphatic heterocycles. The fraction of sp³-hybridized carbons (Fsp3) is 0.318. The lowest BCUT2D eigenvalue weighted by Crippen LogP contribution is -2.41. The highest BCUT2D eigenvalue weighted by atomic mass is 19.4. The van der Waals surface area contributed by atoms with E-state index in [0.717, 1.165) is 0 Å². The van der Waals surface area contributed by atoms with Crippen LogP contribution in [-0.2, 0) is 4.79 Å². The van der Waals surface area contributed by atoms with E-state index >= 15 is 0 Å². The van der Waals surface area contributed by atoms with Crippen LogP contribution >= 0.6 is 0 Å². The van der Waals surface area contributed by atoms with Gasteiger partial charge in [-0.1, -0.05) is 12.1 Å². The summed E-state index contributed by atoms with van der Waals surface area (Å²) in [4.78, 5) is 38.9. The number of benzene rings is 2. The van der Waals surface area contributed by atoms with Crippen molar-refractivity contribution in [2.45, 2.75) is 19.0 Å². The predicted molar refractivity (Wildman–Crippen MR) is 108 cm³/mol. The third-order valence-corrected chi connectivity index (χ3v) is 5.12. The van der Waals surface area contributed by atoms with Crippen molar-refractivity contribution in [3.63, 3.8) is 0 Å². The number of para-hydroxylation sites is 1. The number of likely N-dealkylation sites (tertiary alicyclic amines) is 1. The van der Waals surface area contributed by atoms with Crippen molar-refractivity contribution in [1.82, 2.24) is 10.2 Å². The highest BCUT2D eigenvalue weighted by Crippen LogP contribution is 2.23. The lowest BCUT2D eigenvalue weighted by atomic mass is 9.95. The van der Waals surface area contributed by atoms with Crippen LogP contribution in [0.3, 0.4) is 0 Å². The van der Waals surface area contributed by atoms with Crippen LogP contribution in [-0.4, -0.2) is 48.4 Å². The van der Waals surface area contributed by atoms with Gasteiger partial charge in [0.25, 0.3) is 11.8 Å². The Morgan fingerprint density at radius 1 is 0.969 bits per heavy atom. The third-order valence-electron chi connectivity index (χ3n) is 5.12. The maximum absolute atomic E-state index is 13.0. The van der Waals surface area contributed by atoms with Crippen molar-refractivity contribution < 1.29 is 31.9 Å². The van der Waals surface area contributed by atoms with E-state index in [2.05, 4.69) is 5.32 Å². The van der Waals surface area contributed by atoms with Crippen LogP contribution in [0.15, 0.2) is 48.5 Å². The van der Waals surface area contributed by atoms with Crippen molar-refractivity contribution in [3.05, 3.63) is 65.5 Å². The Bertz CT molecular complexity index is 985. The SMILES string of the molecule is O=C(NCC(F)(F)F)c1ccccc1NC(=O)C1CCN(C(=O)c2ccc(F)cc2)CC1. The van der Waals surface area contributed by atoms with Crippen LogP contribution < -0.4 is 10.6 Å². The zero-order valence-electron chi connectivity index (χ0n) is 16.9. The van der Waals surface area contributed by atoms with E-state index in [1.54, 1.807) is 16.3 Å². The fourth-order valence-electron chi connectivity index (χ4n) is 3.42. The quantitative estimate of drug-likeness (QED) is 0.682. The molecule has 1 aliphatic rings. The number of carbonyl (C=O) groups is 3. The molecule has 0 atom stereocenters. The number of amides is 3. The molecule has 0 bridgehead atoms. The minimum Gasteiger partial charge on any atom is -0.343 e. The Morgan fingerprint density at radius 3 is 2.22 bits per heavy atom. The van der Waals surface area contributed by atoms with Crippen molar-refractivity contribution in [3.8, 4) is 0 Å². The molecule has 0 radical (unpaired) electrons. The Kier molecular flexibility index (Phi) is 7.12. The van der Waals surface area contributed by atoms with Gasteiger partial charge >= 0.3 is 6.18 Å². The molecule has 3 rings (SSSR count). The van der Waals surface area contributed by atoms with E-state index in [9.17, 15) is 31.9 Å². The lowest BCUT2D eigenvalue weighted by molar-refractivity contribution is -0.123. The van der Waals surface area contributed by atoms with Crippen molar-refractivity contribution >= 4 is 23.4 Å². The Hall–Kier alpha value is -3.43. The van der Waals surface area contributed by atoms with Crippen LogP contribution in [0.4, 0.5) is 23.2 Å². The van der Waals surface area contributed by atoms with Gasteiger partial charge in [0.05, 0.1) is 11.3 Å². The number of anilines is 1. The average molecular weight is 451 g/mol. The number of alkyl halides is 3. The normalized spacial score (nSPS) is 14.7. The largest absolute Gasteiger partial charge is 0.405 e. The number of nitrogens with zero attached hydrogens (tertiary/aromatic N) is 1. The van der Waals surface area contributed by atoms with Gasteiger partial charge in [-0.2, -0.15) is 13.2 Å². The van der Waals surface area contributed by atoms with Crippen LogP contribution in [0, 0.1) is 11.7 Å². The zero-order valence-corrected chi connectivity index (χ0v) is 16.9. The van der Waals surface area contributed by atoms with E-state index in [-0.39, 0.29) is 23.1 Å². The second kappa shape index (κ2) is 9.80. The molecule has 6 nitrogen and oxygen atoms in total. The third kappa shape index (κ3) is 6.05. The fourth-order valence-corrected chi connectivity index (χ4v) is 3.42. The summed E-state index contributed by atoms with van der Waals surface area (Å²) < 4.78 is 50.2. The monoisotopic (exact) mass is 451 g/mol. The minimum absolute atomic E-state index is 0.0750. The highest BCUT2D eigenvalue weighted by molar-refractivity contribution is 6.04. The van der Waals surface area contributed by atoms with Gasteiger partial charge in [0.15, 0.2) is 0 Å². The molecule has 2 N–H and O–H groups in total.